The highest BCUT2D eigenvalue weighted by molar-refractivity contribution is 7.85. The number of aromatic nitrogens is 3. The van der Waals surface area contributed by atoms with Gasteiger partial charge >= 0.3 is 0 Å². The number of fused-ring (bicyclic) bond motifs is 3. The van der Waals surface area contributed by atoms with Crippen LogP contribution >= 0.6 is 11.6 Å². The molecular weight excluding hydrogens is 854 g/mol. The third kappa shape index (κ3) is 19.8. The first kappa shape index (κ1) is 51.0. The van der Waals surface area contributed by atoms with E-state index in [1.807, 2.05) is 54.0 Å². The number of aryl methyl sites for hydroxylation is 1. The molecule has 1 N–H and O–H groups in total. The van der Waals surface area contributed by atoms with Crippen molar-refractivity contribution in [3.05, 3.63) is 70.3 Å². The number of hydrogen-bond donors (Lipinski definition) is 1. The summed E-state index contributed by atoms with van der Waals surface area (Å²) >= 11 is 6.20. The summed E-state index contributed by atoms with van der Waals surface area (Å²) in [5.41, 5.74) is 3.21. The van der Waals surface area contributed by atoms with Crippen molar-refractivity contribution >= 4 is 33.3 Å². The Kier molecular flexibility index (Phi) is 24.4. The fraction of sp³-hybridized carbons (Fsp3) is 0.610. The highest BCUT2D eigenvalue weighted by atomic mass is 35.5. The summed E-state index contributed by atoms with van der Waals surface area (Å²) in [7, 11) is -1.82. The lowest BCUT2D eigenvalue weighted by Gasteiger charge is -2.14. The highest BCUT2D eigenvalue weighted by Gasteiger charge is 2.30. The van der Waals surface area contributed by atoms with Crippen molar-refractivity contribution in [2.45, 2.75) is 19.4 Å². The average Bonchev–Trinajstić information content (AvgIpc) is 3.58. The number of amides is 1. The molecule has 1 aliphatic heterocycles. The zero-order valence-electron chi connectivity index (χ0n) is 35.8. The Labute approximate surface area is 368 Å². The molecular formula is C41H60ClN5O14S. The van der Waals surface area contributed by atoms with Crippen molar-refractivity contribution in [1.29, 1.82) is 0 Å². The van der Waals surface area contributed by atoms with Crippen LogP contribution in [0.3, 0.4) is 0 Å². The van der Waals surface area contributed by atoms with E-state index in [1.54, 1.807) is 7.11 Å². The molecule has 0 radical (unpaired) electrons. The Bertz CT molecular complexity index is 1870. The number of aliphatic imine (C=N–C) groups is 1. The number of carbonyl (C=O) groups excluding carboxylic acids is 1. The molecule has 2 aromatic carbocycles. The lowest BCUT2D eigenvalue weighted by atomic mass is 10.00. The molecule has 0 fully saturated rings. The molecule has 4 rings (SSSR count). The maximum absolute atomic E-state index is 13.2. The van der Waals surface area contributed by atoms with Crippen LogP contribution in [0.25, 0.3) is 5.69 Å². The quantitative estimate of drug-likeness (QED) is 0.0665. The summed E-state index contributed by atoms with van der Waals surface area (Å²) in [6.45, 7) is 9.48. The van der Waals surface area contributed by atoms with Crippen molar-refractivity contribution in [1.82, 2.24) is 20.1 Å². The summed E-state index contributed by atoms with van der Waals surface area (Å²) < 4.78 is 82.9. The molecule has 1 aromatic heterocycles. The molecule has 0 bridgehead atoms. The largest absolute Gasteiger partial charge is 0.497 e. The average molecular weight is 914 g/mol. The van der Waals surface area contributed by atoms with Crippen molar-refractivity contribution in [3.8, 4) is 11.4 Å². The Morgan fingerprint density at radius 1 is 0.677 bits per heavy atom. The number of rotatable bonds is 35. The molecule has 19 nitrogen and oxygen atoms in total. The number of ether oxygens (including phenoxy) is 10. The van der Waals surface area contributed by atoms with Crippen LogP contribution in [0.1, 0.15) is 35.2 Å². The minimum Gasteiger partial charge on any atom is -0.497 e. The molecule has 1 atom stereocenters. The zero-order chi connectivity index (χ0) is 44.3. The molecule has 0 saturated carbocycles. The number of benzene rings is 2. The molecule has 21 heteroatoms. The fourth-order valence-corrected chi connectivity index (χ4v) is 6.29. The zero-order valence-corrected chi connectivity index (χ0v) is 37.3. The van der Waals surface area contributed by atoms with Crippen LogP contribution in [-0.2, 0) is 61.7 Å². The number of carbonyl (C=O) groups is 1. The summed E-state index contributed by atoms with van der Waals surface area (Å²) in [6, 6.07) is 12.6. The van der Waals surface area contributed by atoms with Crippen LogP contribution in [0, 0.1) is 6.92 Å². The van der Waals surface area contributed by atoms with Gasteiger partial charge in [0.05, 0.1) is 157 Å². The first-order chi connectivity index (χ1) is 30.2. The Balaban J connectivity index is 0.939. The van der Waals surface area contributed by atoms with Gasteiger partial charge < -0.3 is 52.7 Å². The third-order valence-corrected chi connectivity index (χ3v) is 9.55. The van der Waals surface area contributed by atoms with Crippen molar-refractivity contribution in [3.63, 3.8) is 0 Å². The first-order valence-corrected chi connectivity index (χ1v) is 22.6. The van der Waals surface area contributed by atoms with Gasteiger partial charge in [0.15, 0.2) is 5.82 Å². The van der Waals surface area contributed by atoms with Gasteiger partial charge in [-0.25, -0.2) is 0 Å². The predicted molar refractivity (Wildman–Crippen MR) is 228 cm³/mol. The molecule has 346 valence electrons. The Hall–Kier alpha value is -3.64. The monoisotopic (exact) mass is 913 g/mol. The van der Waals surface area contributed by atoms with Crippen LogP contribution in [0.15, 0.2) is 47.5 Å². The van der Waals surface area contributed by atoms with Crippen molar-refractivity contribution < 1.29 is 64.8 Å². The predicted octanol–water partition coefficient (Wildman–Crippen LogP) is 2.76. The maximum Gasteiger partial charge on any atom is 0.264 e. The van der Waals surface area contributed by atoms with Gasteiger partial charge in [-0.05, 0) is 37.3 Å². The van der Waals surface area contributed by atoms with E-state index >= 15 is 0 Å². The number of nitrogens with zero attached hydrogens (tertiary/aromatic N) is 4. The van der Waals surface area contributed by atoms with Crippen molar-refractivity contribution in [2.75, 3.05) is 145 Å². The molecule has 62 heavy (non-hydrogen) atoms. The first-order valence-electron chi connectivity index (χ1n) is 20.4. The van der Waals surface area contributed by atoms with Crippen molar-refractivity contribution in [2.24, 2.45) is 4.99 Å². The van der Waals surface area contributed by atoms with Gasteiger partial charge in [-0.2, -0.15) is 8.42 Å². The molecule has 3 aromatic rings. The fourth-order valence-electron chi connectivity index (χ4n) is 5.79. The normalized spacial score (nSPS) is 13.7. The van der Waals surface area contributed by atoms with Gasteiger partial charge in [0.2, 0.25) is 5.91 Å². The van der Waals surface area contributed by atoms with E-state index in [-0.39, 0.29) is 25.5 Å². The third-order valence-electron chi connectivity index (χ3n) is 8.70. The van der Waals surface area contributed by atoms with E-state index in [0.29, 0.717) is 147 Å². The number of hydrogen-bond acceptors (Lipinski definition) is 17. The van der Waals surface area contributed by atoms with Gasteiger partial charge in [0.25, 0.3) is 10.1 Å². The van der Waals surface area contributed by atoms with Crippen LogP contribution in [0.5, 0.6) is 5.75 Å². The van der Waals surface area contributed by atoms with Crippen LogP contribution in [0.4, 0.5) is 0 Å². The number of halogens is 1. The number of nitrogens with one attached hydrogen (secondary N) is 1. The van der Waals surface area contributed by atoms with E-state index in [2.05, 4.69) is 19.7 Å². The lowest BCUT2D eigenvalue weighted by Crippen LogP contribution is -2.29. The molecule has 0 unspecified atom stereocenters. The van der Waals surface area contributed by atoms with Gasteiger partial charge in [-0.15, -0.1) is 10.2 Å². The molecule has 1 aliphatic rings. The molecule has 0 saturated heterocycles. The maximum atomic E-state index is 13.2. The van der Waals surface area contributed by atoms with Gasteiger partial charge in [0.1, 0.15) is 17.6 Å². The Morgan fingerprint density at radius 3 is 1.61 bits per heavy atom. The summed E-state index contributed by atoms with van der Waals surface area (Å²) in [5, 5.41) is 12.3. The minimum atomic E-state index is -3.44. The topological polar surface area (TPSA) is 208 Å². The summed E-state index contributed by atoms with van der Waals surface area (Å²) in [4.78, 5) is 18.2. The molecule has 0 aliphatic carbocycles. The van der Waals surface area contributed by atoms with E-state index in [9.17, 15) is 13.2 Å². The summed E-state index contributed by atoms with van der Waals surface area (Å²) in [6.07, 6.45) is 1.05. The summed E-state index contributed by atoms with van der Waals surface area (Å²) in [5.74, 6) is 1.73. The second-order valence-electron chi connectivity index (χ2n) is 13.4. The van der Waals surface area contributed by atoms with Crippen LogP contribution in [0.2, 0.25) is 5.02 Å². The smallest absolute Gasteiger partial charge is 0.264 e. The lowest BCUT2D eigenvalue weighted by molar-refractivity contribution is -0.121. The van der Waals surface area contributed by atoms with Gasteiger partial charge in [-0.3, -0.25) is 18.5 Å². The van der Waals surface area contributed by atoms with Gasteiger partial charge in [0, 0.05) is 22.7 Å². The van der Waals surface area contributed by atoms with E-state index in [0.717, 1.165) is 23.1 Å². The minimum absolute atomic E-state index is 0.0138. The molecule has 1 amide bonds. The second-order valence-corrected chi connectivity index (χ2v) is 15.5. The number of methoxy groups -OCH3 is 1. The SMILES string of the molecule is COc1ccc2c(c1)C(c1ccc(Cl)cc1)=N[C@@H](CC(=O)NCCOCCOCCOCCOCCOCCOCCOCCOCCOCCOS(C)(=O)=O)c1nnc(C)n1-2. The van der Waals surface area contributed by atoms with E-state index < -0.39 is 16.2 Å². The Morgan fingerprint density at radius 2 is 1.15 bits per heavy atom. The van der Waals surface area contributed by atoms with Gasteiger partial charge in [-0.1, -0.05) is 23.7 Å². The standard InChI is InChI=1S/C41H60ClN5O14S/c1-32-45-46-41-37(44-40(33-4-6-34(42)7-5-33)36-30-35(51-2)8-9-38(36)47(32)41)31-39(48)43-10-11-52-12-13-53-14-15-54-16-17-55-18-19-56-20-21-57-22-23-58-24-25-59-26-27-60-28-29-61-62(3,49)50/h4-9,30,37H,10-29,31H2,1-3H3,(H,43,48)/t37-/m0/s1. The molecule has 2 heterocycles. The van der Waals surface area contributed by atoms with Crippen LogP contribution < -0.4 is 10.1 Å². The highest BCUT2D eigenvalue weighted by Crippen LogP contribution is 2.34. The van der Waals surface area contributed by atoms with Crippen LogP contribution in [-0.4, -0.2) is 180 Å². The molecule has 0 spiro atoms. The second kappa shape index (κ2) is 29.7. The van der Waals surface area contributed by atoms with E-state index in [4.69, 9.17) is 64.0 Å². The van der Waals surface area contributed by atoms with E-state index in [1.165, 1.54) is 0 Å².